The Kier molecular flexibility index (Phi) is 2.47. The Morgan fingerprint density at radius 3 is 2.55 bits per heavy atom. The lowest BCUT2D eigenvalue weighted by molar-refractivity contribution is 1.34. The molecular weight excluding hydrogens is 264 g/mol. The molecule has 0 unspecified atom stereocenters. The Balaban J connectivity index is 2.07. The molecule has 0 aliphatic heterocycles. The molecule has 0 bridgehead atoms. The van der Waals surface area contributed by atoms with E-state index in [1.54, 1.807) is 6.20 Å². The average Bonchev–Trinajstić information content (AvgIpc) is 2.87. The second kappa shape index (κ2) is 4.32. The zero-order chi connectivity index (χ0) is 13.5. The zero-order valence-electron chi connectivity index (χ0n) is 10.7. The highest BCUT2D eigenvalue weighted by Gasteiger charge is 2.10. The molecule has 2 nitrogen and oxygen atoms in total. The van der Waals surface area contributed by atoms with E-state index in [9.17, 15) is 0 Å². The van der Waals surface area contributed by atoms with Crippen LogP contribution in [-0.4, -0.2) is 4.98 Å². The fourth-order valence-electron chi connectivity index (χ4n) is 2.51. The Morgan fingerprint density at radius 2 is 1.70 bits per heavy atom. The second-order valence-corrected chi connectivity index (χ2v) is 5.81. The summed E-state index contributed by atoms with van der Waals surface area (Å²) in [6.45, 7) is 0. The highest BCUT2D eigenvalue weighted by molar-refractivity contribution is 7.26. The summed E-state index contributed by atoms with van der Waals surface area (Å²) in [5.74, 6) is 0. The van der Waals surface area contributed by atoms with Gasteiger partial charge in [-0.15, -0.1) is 11.3 Å². The van der Waals surface area contributed by atoms with Crippen molar-refractivity contribution in [1.29, 1.82) is 0 Å². The maximum atomic E-state index is 5.72. The molecule has 2 N–H and O–H groups in total. The Morgan fingerprint density at radius 1 is 0.850 bits per heavy atom. The molecule has 2 aromatic heterocycles. The molecule has 3 heteroatoms. The molecule has 4 rings (SSSR count). The van der Waals surface area contributed by atoms with Gasteiger partial charge in [0.25, 0.3) is 0 Å². The summed E-state index contributed by atoms with van der Waals surface area (Å²) in [6.07, 6.45) is 1.71. The molecular formula is C17H12N2S. The van der Waals surface area contributed by atoms with Gasteiger partial charge < -0.3 is 5.73 Å². The number of nitrogens with zero attached hydrogens (tertiary/aromatic N) is 1. The number of benzene rings is 2. The molecule has 0 saturated heterocycles. The van der Waals surface area contributed by atoms with Crippen molar-refractivity contribution in [1.82, 2.24) is 4.98 Å². The molecule has 0 fully saturated rings. The molecule has 0 spiro atoms. The van der Waals surface area contributed by atoms with E-state index in [0.717, 1.165) is 5.69 Å². The van der Waals surface area contributed by atoms with Crippen molar-refractivity contribution in [3.05, 3.63) is 60.8 Å². The van der Waals surface area contributed by atoms with Gasteiger partial charge >= 0.3 is 0 Å². The number of rotatable bonds is 1. The van der Waals surface area contributed by atoms with Gasteiger partial charge in [-0.25, -0.2) is 0 Å². The Hall–Kier alpha value is -2.39. The minimum atomic E-state index is 0.692. The molecule has 0 aliphatic rings. The predicted octanol–water partition coefficient (Wildman–Crippen LogP) is 4.70. The number of hydrogen-bond donors (Lipinski definition) is 1. The number of thiophene rings is 1. The number of hydrogen-bond acceptors (Lipinski definition) is 3. The van der Waals surface area contributed by atoms with Crippen LogP contribution < -0.4 is 5.73 Å². The lowest BCUT2D eigenvalue weighted by atomic mass is 10.1. The maximum Gasteiger partial charge on any atom is 0.0718 e. The number of pyridine rings is 1. The first kappa shape index (κ1) is 11.4. The van der Waals surface area contributed by atoms with Gasteiger partial charge in [0.1, 0.15) is 0 Å². The van der Waals surface area contributed by atoms with Crippen LogP contribution in [0.4, 0.5) is 5.69 Å². The van der Waals surface area contributed by atoms with Crippen molar-refractivity contribution in [3.8, 4) is 11.3 Å². The van der Waals surface area contributed by atoms with Crippen LogP contribution in [0.3, 0.4) is 0 Å². The first-order chi connectivity index (χ1) is 9.83. The van der Waals surface area contributed by atoms with Crippen LogP contribution in [0.5, 0.6) is 0 Å². The average molecular weight is 276 g/mol. The van der Waals surface area contributed by atoms with Crippen LogP contribution in [0.25, 0.3) is 31.4 Å². The van der Waals surface area contributed by atoms with Crippen molar-refractivity contribution in [3.63, 3.8) is 0 Å². The second-order valence-electron chi connectivity index (χ2n) is 4.76. The standard InChI is InChI=1S/C17H12N2S/c18-11-8-9-15(19-10-11)14-6-3-5-13-12-4-1-2-7-16(12)20-17(13)14/h1-10H,18H2. The Bertz CT molecular complexity index is 907. The first-order valence-corrected chi connectivity index (χ1v) is 7.27. The van der Waals surface area contributed by atoms with E-state index in [1.807, 2.05) is 23.5 Å². The van der Waals surface area contributed by atoms with Crippen LogP contribution in [-0.2, 0) is 0 Å². The van der Waals surface area contributed by atoms with Gasteiger partial charge in [0.15, 0.2) is 0 Å². The van der Waals surface area contributed by atoms with Crippen molar-refractivity contribution < 1.29 is 0 Å². The van der Waals surface area contributed by atoms with E-state index in [4.69, 9.17) is 5.73 Å². The summed E-state index contributed by atoms with van der Waals surface area (Å²) in [5.41, 5.74) is 8.55. The zero-order valence-corrected chi connectivity index (χ0v) is 11.5. The lowest BCUT2D eigenvalue weighted by Crippen LogP contribution is -1.88. The van der Waals surface area contributed by atoms with Gasteiger partial charge in [-0.05, 0) is 18.2 Å². The normalized spacial score (nSPS) is 11.2. The Labute approximate surface area is 120 Å². The summed E-state index contributed by atoms with van der Waals surface area (Å²) in [4.78, 5) is 4.45. The van der Waals surface area contributed by atoms with Crippen LogP contribution >= 0.6 is 11.3 Å². The summed E-state index contributed by atoms with van der Waals surface area (Å²) in [7, 11) is 0. The highest BCUT2D eigenvalue weighted by atomic mass is 32.1. The molecule has 0 atom stereocenters. The molecule has 4 aromatic rings. The summed E-state index contributed by atoms with van der Waals surface area (Å²) in [5, 5.41) is 2.60. The molecule has 0 saturated carbocycles. The van der Waals surface area contributed by atoms with Gasteiger partial charge in [-0.2, -0.15) is 0 Å². The van der Waals surface area contributed by atoms with Crippen molar-refractivity contribution in [2.24, 2.45) is 0 Å². The topological polar surface area (TPSA) is 38.9 Å². The van der Waals surface area contributed by atoms with Crippen molar-refractivity contribution in [2.75, 3.05) is 5.73 Å². The fourth-order valence-corrected chi connectivity index (χ4v) is 3.74. The molecule has 0 amide bonds. The third-order valence-electron chi connectivity index (χ3n) is 3.47. The van der Waals surface area contributed by atoms with Gasteiger partial charge in [0, 0.05) is 25.7 Å². The largest absolute Gasteiger partial charge is 0.397 e. The van der Waals surface area contributed by atoms with Crippen LogP contribution in [0.2, 0.25) is 0 Å². The minimum absolute atomic E-state index is 0.692. The van der Waals surface area contributed by atoms with Crippen molar-refractivity contribution >= 4 is 37.2 Å². The van der Waals surface area contributed by atoms with Gasteiger partial charge in [0.05, 0.1) is 17.6 Å². The maximum absolute atomic E-state index is 5.72. The van der Waals surface area contributed by atoms with Gasteiger partial charge in [0.2, 0.25) is 0 Å². The van der Waals surface area contributed by atoms with E-state index in [2.05, 4.69) is 47.4 Å². The number of nitrogens with two attached hydrogens (primary N) is 1. The number of fused-ring (bicyclic) bond motifs is 3. The van der Waals surface area contributed by atoms with Crippen LogP contribution in [0.15, 0.2) is 60.8 Å². The molecule has 96 valence electrons. The SMILES string of the molecule is Nc1ccc(-c2cccc3c2sc2ccccc23)nc1. The van der Waals surface area contributed by atoms with E-state index in [0.29, 0.717) is 5.69 Å². The van der Waals surface area contributed by atoms with Crippen molar-refractivity contribution in [2.45, 2.75) is 0 Å². The predicted molar refractivity (Wildman–Crippen MR) is 87.0 cm³/mol. The van der Waals surface area contributed by atoms with Crippen LogP contribution in [0.1, 0.15) is 0 Å². The molecule has 0 radical (unpaired) electrons. The monoisotopic (exact) mass is 276 g/mol. The molecule has 2 heterocycles. The van der Waals surface area contributed by atoms with E-state index in [1.165, 1.54) is 25.7 Å². The minimum Gasteiger partial charge on any atom is -0.397 e. The van der Waals surface area contributed by atoms with Gasteiger partial charge in [-0.1, -0.05) is 36.4 Å². The third-order valence-corrected chi connectivity index (χ3v) is 4.69. The quantitative estimate of drug-likeness (QED) is 0.547. The molecule has 0 aliphatic carbocycles. The number of aromatic nitrogens is 1. The summed E-state index contributed by atoms with van der Waals surface area (Å²) >= 11 is 1.82. The summed E-state index contributed by atoms with van der Waals surface area (Å²) in [6, 6.07) is 18.8. The summed E-state index contributed by atoms with van der Waals surface area (Å²) < 4.78 is 2.59. The van der Waals surface area contributed by atoms with E-state index >= 15 is 0 Å². The fraction of sp³-hybridized carbons (Fsp3) is 0. The molecule has 20 heavy (non-hydrogen) atoms. The van der Waals surface area contributed by atoms with Crippen LogP contribution in [0, 0.1) is 0 Å². The highest BCUT2D eigenvalue weighted by Crippen LogP contribution is 2.39. The number of anilines is 1. The van der Waals surface area contributed by atoms with E-state index < -0.39 is 0 Å². The number of nitrogen functional groups attached to an aromatic ring is 1. The first-order valence-electron chi connectivity index (χ1n) is 6.45. The molecule has 2 aromatic carbocycles. The van der Waals surface area contributed by atoms with E-state index in [-0.39, 0.29) is 0 Å². The lowest BCUT2D eigenvalue weighted by Gasteiger charge is -2.02. The smallest absolute Gasteiger partial charge is 0.0718 e. The van der Waals surface area contributed by atoms with Gasteiger partial charge in [-0.3, -0.25) is 4.98 Å². The third kappa shape index (κ3) is 1.67.